The zero-order valence-corrected chi connectivity index (χ0v) is 4.66. The summed E-state index contributed by atoms with van der Waals surface area (Å²) in [5.74, 6) is 0. The Balaban J connectivity index is -0.00000000500. The van der Waals surface area contributed by atoms with Gasteiger partial charge in [-0.2, -0.15) is 0 Å². The van der Waals surface area contributed by atoms with Crippen LogP contribution in [0.25, 0.3) is 0 Å². The van der Waals surface area contributed by atoms with Gasteiger partial charge in [0.25, 0.3) is 0 Å². The molecule has 2 N–H and O–H groups in total. The molecular weight excluding hydrogens is 162 g/mol. The fourth-order valence-electron chi connectivity index (χ4n) is 0. The first-order chi connectivity index (χ1) is 1.00. The van der Waals surface area contributed by atoms with E-state index in [1.54, 1.807) is 0 Å². The normalized spacial score (nSPS) is 1.00. The molecule has 0 aromatic carbocycles. The summed E-state index contributed by atoms with van der Waals surface area (Å²) in [6.45, 7) is 0. The third-order valence-electron chi connectivity index (χ3n) is 0. The number of hydrogen-bond donors (Lipinski definition) is 0. The van der Waals surface area contributed by atoms with E-state index < -0.39 is 0 Å². The van der Waals surface area contributed by atoms with Crippen molar-refractivity contribution in [2.24, 2.45) is 0 Å². The van der Waals surface area contributed by atoms with Crippen LogP contribution in [0, 0.1) is 0 Å². The molecule has 0 aliphatic carbocycles. The summed E-state index contributed by atoms with van der Waals surface area (Å²) in [6, 6.07) is 0. The molecule has 30 valence electrons. The van der Waals surface area contributed by atoms with Crippen LogP contribution >= 0.6 is 10.6 Å². The molecule has 0 aliphatic rings. The summed E-state index contributed by atoms with van der Waals surface area (Å²) in [4.78, 5) is 0. The minimum atomic E-state index is 0. The van der Waals surface area contributed by atoms with Gasteiger partial charge in [-0.1, -0.05) is 0 Å². The van der Waals surface area contributed by atoms with Gasteiger partial charge in [0.1, 0.15) is 0 Å². The Morgan fingerprint density at radius 1 is 1.25 bits per heavy atom. The Morgan fingerprint density at radius 2 is 1.25 bits per heavy atom. The summed E-state index contributed by atoms with van der Waals surface area (Å²) < 4.78 is 0. The predicted octanol–water partition coefficient (Wildman–Crippen LogP) is -0.181. The van der Waals surface area contributed by atoms with Gasteiger partial charge in [-0.05, 0) is 0 Å². The second-order valence-electron chi connectivity index (χ2n) is 0. The molecule has 1 nitrogen and oxygen atoms in total. The molecule has 4 heteroatoms. The van der Waals surface area contributed by atoms with E-state index in [-0.39, 0.29) is 22.3 Å². The molecule has 0 aromatic rings. The molecule has 0 atom stereocenters. The maximum absolute atomic E-state index is 3.90. The summed E-state index contributed by atoms with van der Waals surface area (Å²) >= 11 is 2.52. The molecule has 0 aliphatic heterocycles. The van der Waals surface area contributed by atoms with Crippen molar-refractivity contribution in [3.05, 3.63) is 0 Å². The predicted molar refractivity (Wildman–Crippen MR) is 11.2 cm³/mol. The number of hydrogen-bond acceptors (Lipinski definition) is 1. The quantitative estimate of drug-likeness (QED) is 0.457. The summed E-state index contributed by atoms with van der Waals surface area (Å²) in [5, 5.41) is 0. The molecule has 0 bridgehead atoms. The van der Waals surface area contributed by atoms with Crippen LogP contribution in [-0.2, 0) is 31.2 Å². The van der Waals surface area contributed by atoms with E-state index in [4.69, 9.17) is 0 Å². The molecule has 0 amide bonds. The molecule has 0 fully saturated rings. The fourth-order valence-corrected chi connectivity index (χ4v) is 0. The molecule has 0 heterocycles. The monoisotopic (exact) mass is 164 g/mol. The van der Waals surface area contributed by atoms with Gasteiger partial charge in [0.2, 0.25) is 0 Å². The fraction of sp³-hybridized carbons (Fsp3) is 0. The first kappa shape index (κ1) is 18.9. The molecule has 0 rings (SSSR count). The van der Waals surface area contributed by atoms with Gasteiger partial charge < -0.3 is 5.48 Å². The van der Waals surface area contributed by atoms with E-state index in [1.165, 1.54) is 0 Å². The van der Waals surface area contributed by atoms with Crippen molar-refractivity contribution in [2.45, 2.75) is 0 Å². The van der Waals surface area contributed by atoms with Crippen LogP contribution in [-0.4, -0.2) is 5.48 Å². The van der Waals surface area contributed by atoms with Gasteiger partial charge in [-0.3, -0.25) is 0 Å². The number of rotatable bonds is 0. The van der Waals surface area contributed by atoms with Crippen LogP contribution in [0.5, 0.6) is 0 Å². The summed E-state index contributed by atoms with van der Waals surface area (Å²) in [5.41, 5.74) is 0. The average Bonchev–Trinajstić information content (AvgIpc) is 1.00. The van der Waals surface area contributed by atoms with E-state index in [2.05, 4.69) is 24.9 Å². The zero-order valence-electron chi connectivity index (χ0n) is 1.62. The van der Waals surface area contributed by atoms with Gasteiger partial charge in [-0.15, -0.1) is 0 Å². The van der Waals surface area contributed by atoms with Crippen molar-refractivity contribution in [2.75, 3.05) is 0 Å². The first-order valence-corrected chi connectivity index (χ1v) is 1.91. The van der Waals surface area contributed by atoms with Crippen LogP contribution in [0.4, 0.5) is 0 Å². The SMILES string of the molecule is O.[Co].[S]=[Mn]. The Hall–Kier alpha value is 1.21. The van der Waals surface area contributed by atoms with Gasteiger partial charge in [-0.25, -0.2) is 0 Å². The molecule has 1 radical (unpaired) electrons. The van der Waals surface area contributed by atoms with Crippen LogP contribution in [0.1, 0.15) is 0 Å². The molecular formula is H2CoMnOS. The van der Waals surface area contributed by atoms with Gasteiger partial charge in [0.05, 0.1) is 0 Å². The zero-order chi connectivity index (χ0) is 2.00. The average molecular weight is 164 g/mol. The standard InChI is InChI=1S/Co.Mn.H2O.S/h;;1H2;. The van der Waals surface area contributed by atoms with Crippen LogP contribution < -0.4 is 0 Å². The van der Waals surface area contributed by atoms with E-state index in [0.717, 1.165) is 0 Å². The van der Waals surface area contributed by atoms with E-state index >= 15 is 0 Å². The molecule has 0 spiro atoms. The van der Waals surface area contributed by atoms with Crippen LogP contribution in [0.15, 0.2) is 0 Å². The maximum atomic E-state index is 3.90. The second kappa shape index (κ2) is 29.7. The summed E-state index contributed by atoms with van der Waals surface area (Å²) in [7, 11) is 3.90. The Kier molecular flexibility index (Phi) is 141. The van der Waals surface area contributed by atoms with Crippen molar-refractivity contribution in [3.63, 3.8) is 0 Å². The van der Waals surface area contributed by atoms with Gasteiger partial charge >= 0.3 is 24.9 Å². The van der Waals surface area contributed by atoms with Crippen molar-refractivity contribution in [1.29, 1.82) is 0 Å². The van der Waals surface area contributed by atoms with Crippen molar-refractivity contribution in [3.8, 4) is 0 Å². The van der Waals surface area contributed by atoms with Gasteiger partial charge in [0.15, 0.2) is 0 Å². The van der Waals surface area contributed by atoms with E-state index in [1.807, 2.05) is 0 Å². The first-order valence-electron chi connectivity index (χ1n) is 0.154. The molecule has 0 saturated carbocycles. The van der Waals surface area contributed by atoms with Gasteiger partial charge in [0, 0.05) is 16.8 Å². The second-order valence-corrected chi connectivity index (χ2v) is 0. The topological polar surface area (TPSA) is 31.5 Å². The molecule has 0 saturated heterocycles. The van der Waals surface area contributed by atoms with Crippen molar-refractivity contribution < 1.29 is 36.6 Å². The minimum absolute atomic E-state index is 0. The van der Waals surface area contributed by atoms with Crippen molar-refractivity contribution in [1.82, 2.24) is 0 Å². The van der Waals surface area contributed by atoms with Crippen LogP contribution in [0.3, 0.4) is 0 Å². The third-order valence-corrected chi connectivity index (χ3v) is 0. The Labute approximate surface area is 47.3 Å². The third kappa shape index (κ3) is 10.7. The Bertz CT molecular complexity index is 8.00. The van der Waals surface area contributed by atoms with Crippen LogP contribution in [0.2, 0.25) is 0 Å². The van der Waals surface area contributed by atoms with Crippen molar-refractivity contribution >= 4 is 10.6 Å². The Morgan fingerprint density at radius 3 is 1.25 bits per heavy atom. The molecule has 0 aromatic heterocycles. The van der Waals surface area contributed by atoms with E-state index in [9.17, 15) is 0 Å². The summed E-state index contributed by atoms with van der Waals surface area (Å²) in [6.07, 6.45) is 0. The molecule has 4 heavy (non-hydrogen) atoms. The molecule has 0 unspecified atom stereocenters. The van der Waals surface area contributed by atoms with E-state index in [0.29, 0.717) is 0 Å².